The van der Waals surface area contributed by atoms with Gasteiger partial charge in [-0.05, 0) is 25.5 Å². The highest BCUT2D eigenvalue weighted by Crippen LogP contribution is 2.15. The minimum absolute atomic E-state index is 0.0943. The van der Waals surface area contributed by atoms with Crippen LogP contribution in [-0.2, 0) is 13.0 Å². The van der Waals surface area contributed by atoms with Crippen molar-refractivity contribution in [3.05, 3.63) is 53.9 Å². The van der Waals surface area contributed by atoms with Gasteiger partial charge in [-0.25, -0.2) is 9.97 Å². The molecule has 0 saturated heterocycles. The second-order valence-corrected chi connectivity index (χ2v) is 5.90. The van der Waals surface area contributed by atoms with Crippen molar-refractivity contribution in [2.45, 2.75) is 32.4 Å². The third-order valence-corrected chi connectivity index (χ3v) is 4.13. The second-order valence-electron chi connectivity index (χ2n) is 5.90. The van der Waals surface area contributed by atoms with Crippen LogP contribution in [0.25, 0.3) is 11.0 Å². The van der Waals surface area contributed by atoms with E-state index in [4.69, 9.17) is 0 Å². The molecular weight excluding hydrogens is 290 g/mol. The maximum absolute atomic E-state index is 12.4. The van der Waals surface area contributed by atoms with E-state index < -0.39 is 0 Å². The highest BCUT2D eigenvalue weighted by Gasteiger charge is 2.22. The Bertz CT molecular complexity index is 886. The molecule has 0 fully saturated rings. The Morgan fingerprint density at radius 3 is 2.96 bits per heavy atom. The molecule has 0 aliphatic carbocycles. The summed E-state index contributed by atoms with van der Waals surface area (Å²) >= 11 is 0. The largest absolute Gasteiger partial charge is 0.346 e. The number of aryl methyl sites for hydroxylation is 2. The number of nitrogens with one attached hydrogen (secondary N) is 1. The first-order chi connectivity index (χ1) is 11.2. The van der Waals surface area contributed by atoms with Crippen LogP contribution in [-0.4, -0.2) is 31.5 Å². The van der Waals surface area contributed by atoms with Crippen molar-refractivity contribution in [3.63, 3.8) is 0 Å². The lowest BCUT2D eigenvalue weighted by atomic mass is 10.1. The number of nitrogens with zero attached hydrogens (tertiary/aromatic N) is 4. The van der Waals surface area contributed by atoms with Gasteiger partial charge in [0.05, 0.1) is 22.9 Å². The Labute approximate surface area is 133 Å². The Balaban J connectivity index is 1.51. The fourth-order valence-electron chi connectivity index (χ4n) is 3.03. The molecule has 4 rings (SSSR count). The summed E-state index contributed by atoms with van der Waals surface area (Å²) in [4.78, 5) is 25.6. The van der Waals surface area contributed by atoms with Crippen molar-refractivity contribution >= 4 is 16.9 Å². The van der Waals surface area contributed by atoms with Crippen LogP contribution in [0, 0.1) is 6.92 Å². The standard InChI is InChI=1S/C17H17N5O/c1-11-9-22-10-12(6-7-16(22)19-11)20-17(23)15-8-18-13-4-2-3-5-14(13)21-15/h2-5,8-9,12H,6-7,10H2,1H3,(H,20,23). The SMILES string of the molecule is Cc1cn2c(n1)CCC(NC(=O)c1cnc3ccccc3n1)C2. The maximum atomic E-state index is 12.4. The monoisotopic (exact) mass is 307 g/mol. The van der Waals surface area contributed by atoms with Gasteiger partial charge in [0.15, 0.2) is 0 Å². The molecule has 6 nitrogen and oxygen atoms in total. The molecule has 1 amide bonds. The van der Waals surface area contributed by atoms with Crippen molar-refractivity contribution in [1.29, 1.82) is 0 Å². The zero-order valence-corrected chi connectivity index (χ0v) is 12.9. The molecular formula is C17H17N5O. The van der Waals surface area contributed by atoms with E-state index in [2.05, 4.69) is 24.8 Å². The van der Waals surface area contributed by atoms with E-state index in [1.54, 1.807) is 0 Å². The number of amides is 1. The van der Waals surface area contributed by atoms with Gasteiger partial charge in [0.1, 0.15) is 11.5 Å². The van der Waals surface area contributed by atoms with Crippen molar-refractivity contribution in [3.8, 4) is 0 Å². The summed E-state index contributed by atoms with van der Waals surface area (Å²) in [5.41, 5.74) is 2.90. The average Bonchev–Trinajstić information content (AvgIpc) is 2.93. The number of para-hydroxylation sites is 2. The van der Waals surface area contributed by atoms with Gasteiger partial charge < -0.3 is 9.88 Å². The van der Waals surface area contributed by atoms with Gasteiger partial charge in [-0.3, -0.25) is 9.78 Å². The van der Waals surface area contributed by atoms with Gasteiger partial charge >= 0.3 is 0 Å². The zero-order chi connectivity index (χ0) is 15.8. The molecule has 3 heterocycles. The molecule has 1 unspecified atom stereocenters. The molecule has 116 valence electrons. The van der Waals surface area contributed by atoms with Crippen LogP contribution in [0.5, 0.6) is 0 Å². The fourth-order valence-corrected chi connectivity index (χ4v) is 3.03. The molecule has 23 heavy (non-hydrogen) atoms. The fraction of sp³-hybridized carbons (Fsp3) is 0.294. The zero-order valence-electron chi connectivity index (χ0n) is 12.9. The van der Waals surface area contributed by atoms with Crippen molar-refractivity contribution in [2.24, 2.45) is 0 Å². The van der Waals surface area contributed by atoms with E-state index in [1.807, 2.05) is 37.4 Å². The molecule has 1 N–H and O–H groups in total. The second kappa shape index (κ2) is 5.46. The summed E-state index contributed by atoms with van der Waals surface area (Å²) in [5.74, 6) is 0.923. The lowest BCUT2D eigenvalue weighted by Crippen LogP contribution is -2.41. The Kier molecular flexibility index (Phi) is 3.29. The number of imidazole rings is 1. The summed E-state index contributed by atoms with van der Waals surface area (Å²) in [6.45, 7) is 2.74. The van der Waals surface area contributed by atoms with Crippen LogP contribution in [0.3, 0.4) is 0 Å². The highest BCUT2D eigenvalue weighted by molar-refractivity contribution is 5.93. The predicted molar refractivity (Wildman–Crippen MR) is 86.1 cm³/mol. The lowest BCUT2D eigenvalue weighted by Gasteiger charge is -2.24. The third-order valence-electron chi connectivity index (χ3n) is 4.13. The molecule has 1 atom stereocenters. The summed E-state index contributed by atoms with van der Waals surface area (Å²) < 4.78 is 2.12. The summed E-state index contributed by atoms with van der Waals surface area (Å²) in [7, 11) is 0. The Hall–Kier alpha value is -2.76. The van der Waals surface area contributed by atoms with Gasteiger partial charge in [-0.2, -0.15) is 0 Å². The van der Waals surface area contributed by atoms with Crippen LogP contribution in [0.4, 0.5) is 0 Å². The van der Waals surface area contributed by atoms with Crippen molar-refractivity contribution < 1.29 is 4.79 Å². The maximum Gasteiger partial charge on any atom is 0.271 e. The number of carbonyl (C=O) groups is 1. The minimum atomic E-state index is -0.173. The number of aromatic nitrogens is 4. The lowest BCUT2D eigenvalue weighted by molar-refractivity contribution is 0.0922. The molecule has 2 aromatic heterocycles. The summed E-state index contributed by atoms with van der Waals surface area (Å²) in [6.07, 6.45) is 5.34. The number of benzene rings is 1. The molecule has 1 aliphatic heterocycles. The van der Waals surface area contributed by atoms with Crippen LogP contribution in [0.1, 0.15) is 28.4 Å². The predicted octanol–water partition coefficient (Wildman–Crippen LogP) is 1.88. The van der Waals surface area contributed by atoms with Gasteiger partial charge in [0.25, 0.3) is 5.91 Å². The van der Waals surface area contributed by atoms with Crippen molar-refractivity contribution in [2.75, 3.05) is 0 Å². The third kappa shape index (κ3) is 2.67. The van der Waals surface area contributed by atoms with E-state index in [0.717, 1.165) is 41.9 Å². The van der Waals surface area contributed by atoms with Crippen molar-refractivity contribution in [1.82, 2.24) is 24.8 Å². The van der Waals surface area contributed by atoms with E-state index in [-0.39, 0.29) is 11.9 Å². The molecule has 6 heteroatoms. The van der Waals surface area contributed by atoms with Crippen LogP contribution < -0.4 is 5.32 Å². The van der Waals surface area contributed by atoms with Gasteiger partial charge in [-0.15, -0.1) is 0 Å². The van der Waals surface area contributed by atoms with E-state index in [1.165, 1.54) is 6.20 Å². The average molecular weight is 307 g/mol. The van der Waals surface area contributed by atoms with Crippen LogP contribution in [0.15, 0.2) is 36.7 Å². The number of hydrogen-bond donors (Lipinski definition) is 1. The molecule has 0 spiro atoms. The molecule has 1 aromatic carbocycles. The quantitative estimate of drug-likeness (QED) is 0.784. The number of hydrogen-bond acceptors (Lipinski definition) is 4. The normalized spacial score (nSPS) is 17.0. The molecule has 0 bridgehead atoms. The van der Waals surface area contributed by atoms with E-state index in [9.17, 15) is 4.79 Å². The van der Waals surface area contributed by atoms with Gasteiger partial charge in [0, 0.05) is 25.2 Å². The molecule has 0 saturated carbocycles. The smallest absolute Gasteiger partial charge is 0.271 e. The number of carbonyl (C=O) groups excluding carboxylic acids is 1. The highest BCUT2D eigenvalue weighted by atomic mass is 16.2. The molecule has 1 aliphatic rings. The van der Waals surface area contributed by atoms with Crippen LogP contribution >= 0.6 is 0 Å². The topological polar surface area (TPSA) is 72.7 Å². The summed E-state index contributed by atoms with van der Waals surface area (Å²) in [6, 6.07) is 7.64. The van der Waals surface area contributed by atoms with Gasteiger partial charge in [0.2, 0.25) is 0 Å². The number of rotatable bonds is 2. The first-order valence-corrected chi connectivity index (χ1v) is 7.74. The summed E-state index contributed by atoms with van der Waals surface area (Å²) in [5, 5.41) is 3.06. The molecule has 0 radical (unpaired) electrons. The van der Waals surface area contributed by atoms with Crippen LogP contribution in [0.2, 0.25) is 0 Å². The Morgan fingerprint density at radius 2 is 2.09 bits per heavy atom. The minimum Gasteiger partial charge on any atom is -0.346 e. The number of fused-ring (bicyclic) bond motifs is 2. The van der Waals surface area contributed by atoms with Gasteiger partial charge in [-0.1, -0.05) is 12.1 Å². The van der Waals surface area contributed by atoms with E-state index >= 15 is 0 Å². The first-order valence-electron chi connectivity index (χ1n) is 7.74. The van der Waals surface area contributed by atoms with E-state index in [0.29, 0.717) is 5.69 Å². The Morgan fingerprint density at radius 1 is 1.26 bits per heavy atom. The molecule has 3 aromatic rings. The first kappa shape index (κ1) is 13.9.